The fourth-order valence-corrected chi connectivity index (χ4v) is 3.50. The molecule has 1 amide bonds. The van der Waals surface area contributed by atoms with Gasteiger partial charge in [0.25, 0.3) is 0 Å². The van der Waals surface area contributed by atoms with Gasteiger partial charge in [0.1, 0.15) is 5.60 Å². The summed E-state index contributed by atoms with van der Waals surface area (Å²) in [6, 6.07) is 6.86. The predicted molar refractivity (Wildman–Crippen MR) is 103 cm³/mol. The summed E-state index contributed by atoms with van der Waals surface area (Å²) in [5.74, 6) is 0.625. The topological polar surface area (TPSA) is 50.4 Å². The van der Waals surface area contributed by atoms with Crippen molar-refractivity contribution in [2.24, 2.45) is 5.92 Å². The molecule has 2 N–H and O–H groups in total. The number of alkyl carbamates (subject to hydrolysis) is 1. The Labute approximate surface area is 152 Å². The minimum atomic E-state index is -0.459. The highest BCUT2D eigenvalue weighted by molar-refractivity contribution is 5.67. The van der Waals surface area contributed by atoms with E-state index in [4.69, 9.17) is 4.74 Å². The molecule has 1 aromatic rings. The van der Waals surface area contributed by atoms with Gasteiger partial charge in [-0.05, 0) is 64.5 Å². The first kappa shape index (κ1) is 19.8. The van der Waals surface area contributed by atoms with E-state index in [1.807, 2.05) is 20.8 Å². The maximum Gasteiger partial charge on any atom is 0.407 e. The van der Waals surface area contributed by atoms with Crippen LogP contribution >= 0.6 is 0 Å². The molecule has 4 heteroatoms. The molecule has 0 aromatic heterocycles. The zero-order valence-electron chi connectivity index (χ0n) is 16.4. The Morgan fingerprint density at radius 1 is 1.24 bits per heavy atom. The van der Waals surface area contributed by atoms with Gasteiger partial charge in [0.2, 0.25) is 0 Å². The second kappa shape index (κ2) is 8.70. The van der Waals surface area contributed by atoms with Crippen LogP contribution in [-0.2, 0) is 11.3 Å². The molecular weight excluding hydrogens is 312 g/mol. The Balaban J connectivity index is 1.94. The van der Waals surface area contributed by atoms with Crippen molar-refractivity contribution >= 4 is 6.09 Å². The summed E-state index contributed by atoms with van der Waals surface area (Å²) in [4.78, 5) is 12.0. The van der Waals surface area contributed by atoms with Crippen molar-refractivity contribution in [3.05, 3.63) is 34.9 Å². The standard InChI is InChI=1S/C21H34N2O2/c1-15-10-11-16(2)18(12-15)13-22-19(17-8-6-7-9-17)14-23-20(24)25-21(3,4)5/h10-12,17,19,22H,6-9,13-14H2,1-5H3,(H,23,24). The molecule has 1 fully saturated rings. The normalized spacial score (nSPS) is 16.7. The molecule has 2 rings (SSSR count). The number of nitrogens with one attached hydrogen (secondary N) is 2. The molecule has 1 atom stereocenters. The van der Waals surface area contributed by atoms with Gasteiger partial charge in [-0.3, -0.25) is 0 Å². The molecular formula is C21H34N2O2. The van der Waals surface area contributed by atoms with E-state index in [0.717, 1.165) is 6.54 Å². The van der Waals surface area contributed by atoms with Gasteiger partial charge >= 0.3 is 6.09 Å². The molecule has 0 aliphatic heterocycles. The molecule has 0 saturated heterocycles. The van der Waals surface area contributed by atoms with Gasteiger partial charge in [-0.1, -0.05) is 36.6 Å². The quantitative estimate of drug-likeness (QED) is 0.798. The second-order valence-corrected chi connectivity index (χ2v) is 8.34. The van der Waals surface area contributed by atoms with Crippen LogP contribution < -0.4 is 10.6 Å². The average molecular weight is 347 g/mol. The minimum Gasteiger partial charge on any atom is -0.444 e. The van der Waals surface area contributed by atoms with Gasteiger partial charge in [-0.15, -0.1) is 0 Å². The summed E-state index contributed by atoms with van der Waals surface area (Å²) in [6.07, 6.45) is 4.72. The molecule has 1 saturated carbocycles. The average Bonchev–Trinajstić information content (AvgIpc) is 3.03. The van der Waals surface area contributed by atoms with Crippen LogP contribution in [-0.4, -0.2) is 24.3 Å². The van der Waals surface area contributed by atoms with Gasteiger partial charge in [0, 0.05) is 19.1 Å². The van der Waals surface area contributed by atoms with E-state index in [1.165, 1.54) is 42.4 Å². The van der Waals surface area contributed by atoms with Crippen LogP contribution in [0.25, 0.3) is 0 Å². The SMILES string of the molecule is Cc1ccc(C)c(CNC(CNC(=O)OC(C)(C)C)C2CCCC2)c1. The predicted octanol–water partition coefficient (Wildman–Crippen LogP) is 4.48. The lowest BCUT2D eigenvalue weighted by molar-refractivity contribution is 0.0518. The number of carbonyl (C=O) groups excluding carboxylic acids is 1. The number of ether oxygens (including phenoxy) is 1. The summed E-state index contributed by atoms with van der Waals surface area (Å²) in [7, 11) is 0. The Kier molecular flexibility index (Phi) is 6.88. The highest BCUT2D eigenvalue weighted by atomic mass is 16.6. The maximum absolute atomic E-state index is 12.0. The van der Waals surface area contributed by atoms with Crippen LogP contribution in [0.4, 0.5) is 4.79 Å². The van der Waals surface area contributed by atoms with E-state index in [0.29, 0.717) is 12.5 Å². The molecule has 0 radical (unpaired) electrons. The first-order valence-electron chi connectivity index (χ1n) is 9.51. The fraction of sp³-hybridized carbons (Fsp3) is 0.667. The summed E-state index contributed by atoms with van der Waals surface area (Å²) >= 11 is 0. The third kappa shape index (κ3) is 6.69. The second-order valence-electron chi connectivity index (χ2n) is 8.34. The third-order valence-electron chi connectivity index (χ3n) is 4.89. The largest absolute Gasteiger partial charge is 0.444 e. The van der Waals surface area contributed by atoms with Crippen molar-refractivity contribution in [3.8, 4) is 0 Å². The highest BCUT2D eigenvalue weighted by Crippen LogP contribution is 2.28. The molecule has 1 aromatic carbocycles. The van der Waals surface area contributed by atoms with Crippen molar-refractivity contribution in [1.29, 1.82) is 0 Å². The fourth-order valence-electron chi connectivity index (χ4n) is 3.50. The monoisotopic (exact) mass is 346 g/mol. The third-order valence-corrected chi connectivity index (χ3v) is 4.89. The lowest BCUT2D eigenvalue weighted by atomic mass is 9.97. The molecule has 1 unspecified atom stereocenters. The van der Waals surface area contributed by atoms with E-state index in [1.54, 1.807) is 0 Å². The number of carbonyl (C=O) groups is 1. The van der Waals surface area contributed by atoms with Crippen molar-refractivity contribution in [3.63, 3.8) is 0 Å². The van der Waals surface area contributed by atoms with Crippen LogP contribution in [0.3, 0.4) is 0 Å². The Morgan fingerprint density at radius 2 is 1.92 bits per heavy atom. The number of rotatable bonds is 6. The molecule has 25 heavy (non-hydrogen) atoms. The van der Waals surface area contributed by atoms with Gasteiger partial charge < -0.3 is 15.4 Å². The van der Waals surface area contributed by atoms with Crippen LogP contribution in [0.2, 0.25) is 0 Å². The molecule has 140 valence electrons. The zero-order valence-corrected chi connectivity index (χ0v) is 16.4. The Bertz CT molecular complexity index is 572. The van der Waals surface area contributed by atoms with Crippen LogP contribution in [0.5, 0.6) is 0 Å². The molecule has 1 aliphatic rings. The molecule has 0 bridgehead atoms. The molecule has 4 nitrogen and oxygen atoms in total. The van der Waals surface area contributed by atoms with E-state index in [-0.39, 0.29) is 12.1 Å². The maximum atomic E-state index is 12.0. The first-order valence-corrected chi connectivity index (χ1v) is 9.51. The highest BCUT2D eigenvalue weighted by Gasteiger charge is 2.26. The summed E-state index contributed by atoms with van der Waals surface area (Å²) in [6.45, 7) is 11.4. The van der Waals surface area contributed by atoms with Crippen molar-refractivity contribution in [1.82, 2.24) is 10.6 Å². The van der Waals surface area contributed by atoms with Gasteiger partial charge in [-0.2, -0.15) is 0 Å². The van der Waals surface area contributed by atoms with Crippen LogP contribution in [0, 0.1) is 19.8 Å². The minimum absolute atomic E-state index is 0.287. The van der Waals surface area contributed by atoms with E-state index < -0.39 is 5.60 Å². The number of aryl methyl sites for hydroxylation is 2. The van der Waals surface area contributed by atoms with Crippen LogP contribution in [0.1, 0.15) is 63.1 Å². The van der Waals surface area contributed by atoms with E-state index in [2.05, 4.69) is 42.7 Å². The number of amides is 1. The lowest BCUT2D eigenvalue weighted by Gasteiger charge is -2.27. The summed E-state index contributed by atoms with van der Waals surface area (Å²) in [5.41, 5.74) is 3.47. The summed E-state index contributed by atoms with van der Waals surface area (Å²) in [5, 5.41) is 6.65. The summed E-state index contributed by atoms with van der Waals surface area (Å²) < 4.78 is 5.37. The van der Waals surface area contributed by atoms with Crippen molar-refractivity contribution < 1.29 is 9.53 Å². The Morgan fingerprint density at radius 3 is 2.56 bits per heavy atom. The lowest BCUT2D eigenvalue weighted by Crippen LogP contribution is -2.45. The molecule has 0 heterocycles. The van der Waals surface area contributed by atoms with Crippen molar-refractivity contribution in [2.45, 2.75) is 78.5 Å². The van der Waals surface area contributed by atoms with E-state index in [9.17, 15) is 4.79 Å². The number of hydrogen-bond acceptors (Lipinski definition) is 3. The Hall–Kier alpha value is -1.55. The van der Waals surface area contributed by atoms with E-state index >= 15 is 0 Å². The van der Waals surface area contributed by atoms with Gasteiger partial charge in [-0.25, -0.2) is 4.79 Å². The van der Waals surface area contributed by atoms with Gasteiger partial charge in [0.05, 0.1) is 0 Å². The number of benzene rings is 1. The first-order chi connectivity index (χ1) is 11.7. The van der Waals surface area contributed by atoms with Gasteiger partial charge in [0.15, 0.2) is 0 Å². The number of hydrogen-bond donors (Lipinski definition) is 2. The smallest absolute Gasteiger partial charge is 0.407 e. The van der Waals surface area contributed by atoms with Crippen LogP contribution in [0.15, 0.2) is 18.2 Å². The van der Waals surface area contributed by atoms with Crippen molar-refractivity contribution in [2.75, 3.05) is 6.54 Å². The molecule has 1 aliphatic carbocycles. The zero-order chi connectivity index (χ0) is 18.4. The molecule has 0 spiro atoms.